The van der Waals surface area contributed by atoms with Crippen LogP contribution < -0.4 is 10.2 Å². The van der Waals surface area contributed by atoms with Gasteiger partial charge in [-0.05, 0) is 40.0 Å². The van der Waals surface area contributed by atoms with Crippen LogP contribution in [0.5, 0.6) is 0 Å². The number of hydrogen-bond acceptors (Lipinski definition) is 10. The average Bonchev–Trinajstić information content (AvgIpc) is 2.60. The van der Waals surface area contributed by atoms with Crippen molar-refractivity contribution in [3.05, 3.63) is 0 Å². The molecule has 0 aromatic carbocycles. The van der Waals surface area contributed by atoms with Gasteiger partial charge in [0.1, 0.15) is 29.4 Å². The molecule has 0 aromatic rings. The Labute approximate surface area is 210 Å². The van der Waals surface area contributed by atoms with Crippen LogP contribution in [0, 0.1) is 0 Å². The largest absolute Gasteiger partial charge is 2.00 e. The summed E-state index contributed by atoms with van der Waals surface area (Å²) in [7, 11) is 0. The van der Waals surface area contributed by atoms with Crippen LogP contribution in [-0.2, 0) is 60.3 Å². The number of carboxylic acids is 2. The maximum atomic E-state index is 11.0. The first-order valence-electron chi connectivity index (χ1n) is 10.5. The topological polar surface area (TPSA) is 167 Å². The summed E-state index contributed by atoms with van der Waals surface area (Å²) in [6, 6.07) is 0. The number of carbonyl (C=O) groups is 6. The van der Waals surface area contributed by atoms with Crippen LogP contribution >= 0.6 is 0 Å². The standard InChI is InChI=1S/C10H18O4.2C6H10O3.Ti/c1-5-6-8(11)7-9(12)13-14-10(2,3)4;2*1-2-3-5(7)4-6(8)9;/h5-7H2,1-4H3;2*2-4H2,1H3,(H,8,9);/q;;;+2/p-2. The normalized spacial score (nSPS) is 9.64. The summed E-state index contributed by atoms with van der Waals surface area (Å²) in [5.74, 6) is -3.81. The van der Waals surface area contributed by atoms with Gasteiger partial charge in [0.2, 0.25) is 0 Å². The van der Waals surface area contributed by atoms with Crippen molar-refractivity contribution < 1.29 is 70.5 Å². The van der Waals surface area contributed by atoms with E-state index in [0.29, 0.717) is 32.1 Å². The van der Waals surface area contributed by atoms with Gasteiger partial charge in [-0.1, -0.05) is 20.8 Å². The van der Waals surface area contributed by atoms with Crippen molar-refractivity contribution in [2.75, 3.05) is 0 Å². The van der Waals surface area contributed by atoms with Gasteiger partial charge in [-0.25, -0.2) is 4.79 Å². The molecule has 33 heavy (non-hydrogen) atoms. The molecule has 0 saturated carbocycles. The Morgan fingerprint density at radius 3 is 1.18 bits per heavy atom. The fourth-order valence-corrected chi connectivity index (χ4v) is 1.79. The Bertz CT molecular complexity index is 579. The van der Waals surface area contributed by atoms with Gasteiger partial charge in [0.25, 0.3) is 0 Å². The van der Waals surface area contributed by atoms with E-state index >= 15 is 0 Å². The first kappa shape index (κ1) is 38.4. The van der Waals surface area contributed by atoms with E-state index in [1.54, 1.807) is 20.8 Å². The van der Waals surface area contributed by atoms with E-state index in [2.05, 4.69) is 4.89 Å². The fraction of sp³-hybridized carbons (Fsp3) is 0.727. The Morgan fingerprint density at radius 1 is 0.636 bits per heavy atom. The minimum atomic E-state index is -1.28. The summed E-state index contributed by atoms with van der Waals surface area (Å²) in [4.78, 5) is 71.6. The Balaban J connectivity index is -0.000000196. The molecule has 11 heteroatoms. The number of aliphatic carboxylic acids is 2. The van der Waals surface area contributed by atoms with Crippen molar-refractivity contribution >= 4 is 35.3 Å². The summed E-state index contributed by atoms with van der Waals surface area (Å²) in [6.07, 6.45) is 2.16. The van der Waals surface area contributed by atoms with E-state index in [0.717, 1.165) is 6.42 Å². The Hall–Kier alpha value is -1.91. The second-order valence-electron chi connectivity index (χ2n) is 7.79. The molecular weight excluding hydrogens is 472 g/mol. The first-order valence-corrected chi connectivity index (χ1v) is 10.5. The van der Waals surface area contributed by atoms with E-state index in [9.17, 15) is 39.0 Å². The van der Waals surface area contributed by atoms with E-state index in [-0.39, 0.29) is 45.5 Å². The van der Waals surface area contributed by atoms with E-state index < -0.39 is 36.4 Å². The van der Waals surface area contributed by atoms with Crippen molar-refractivity contribution in [2.24, 2.45) is 0 Å². The minimum Gasteiger partial charge on any atom is -0.550 e. The van der Waals surface area contributed by atoms with E-state index in [4.69, 9.17) is 4.89 Å². The molecule has 0 rings (SSSR count). The van der Waals surface area contributed by atoms with Gasteiger partial charge in [0, 0.05) is 44.0 Å². The van der Waals surface area contributed by atoms with Crippen LogP contribution in [0.15, 0.2) is 0 Å². The van der Waals surface area contributed by atoms with Gasteiger partial charge < -0.3 is 19.8 Å². The average molecular weight is 508 g/mol. The summed E-state index contributed by atoms with van der Waals surface area (Å²) < 4.78 is 0. The quantitative estimate of drug-likeness (QED) is 0.152. The van der Waals surface area contributed by atoms with Crippen LogP contribution in [0.25, 0.3) is 0 Å². The van der Waals surface area contributed by atoms with Gasteiger partial charge in [0.15, 0.2) is 0 Å². The van der Waals surface area contributed by atoms with Crippen molar-refractivity contribution in [3.63, 3.8) is 0 Å². The third-order valence-electron chi connectivity index (χ3n) is 3.00. The number of carbonyl (C=O) groups excluding carboxylic acids is 6. The summed E-state index contributed by atoms with van der Waals surface area (Å²) in [5, 5.41) is 19.5. The summed E-state index contributed by atoms with van der Waals surface area (Å²) in [5.41, 5.74) is -0.538. The molecule has 0 aliphatic carbocycles. The maximum absolute atomic E-state index is 11.0. The molecule has 0 spiro atoms. The molecule has 0 aromatic heterocycles. The third-order valence-corrected chi connectivity index (χ3v) is 3.00. The molecule has 10 nitrogen and oxygen atoms in total. The van der Waals surface area contributed by atoms with Crippen LogP contribution in [0.4, 0.5) is 0 Å². The van der Waals surface area contributed by atoms with Gasteiger partial charge in [-0.3, -0.25) is 19.3 Å². The molecule has 0 radical (unpaired) electrons. The molecule has 0 atom stereocenters. The van der Waals surface area contributed by atoms with Gasteiger partial charge in [0.05, 0.1) is 0 Å². The third kappa shape index (κ3) is 37.7. The Kier molecular flexibility index (Phi) is 27.0. The van der Waals surface area contributed by atoms with E-state index in [1.807, 2.05) is 20.8 Å². The van der Waals surface area contributed by atoms with Gasteiger partial charge in [-0.15, -0.1) is 0 Å². The molecular formula is C22H36O10Ti. The van der Waals surface area contributed by atoms with Gasteiger partial charge >= 0.3 is 27.7 Å². The van der Waals surface area contributed by atoms with E-state index in [1.165, 1.54) is 0 Å². The SMILES string of the molecule is CCCC(=O)CC(=O)OOC(C)(C)C.CCCC(=O)CC(=O)[O-].CCCC(=O)CC(=O)[O-].[Ti+2]. The number of carboxylic acid groups (broad SMARTS) is 2. The Morgan fingerprint density at radius 2 is 0.939 bits per heavy atom. The predicted molar refractivity (Wildman–Crippen MR) is 111 cm³/mol. The summed E-state index contributed by atoms with van der Waals surface area (Å²) >= 11 is 0. The second kappa shape index (κ2) is 23.3. The fourth-order valence-electron chi connectivity index (χ4n) is 1.79. The molecule has 0 heterocycles. The number of rotatable bonds is 13. The van der Waals surface area contributed by atoms with Crippen molar-refractivity contribution in [1.82, 2.24) is 0 Å². The molecule has 0 fully saturated rings. The van der Waals surface area contributed by atoms with Crippen molar-refractivity contribution in [1.29, 1.82) is 0 Å². The molecule has 0 bridgehead atoms. The van der Waals surface area contributed by atoms with Crippen molar-refractivity contribution in [3.8, 4) is 0 Å². The maximum Gasteiger partial charge on any atom is 2.00 e. The van der Waals surface area contributed by atoms with Gasteiger partial charge in [-0.2, -0.15) is 4.89 Å². The van der Waals surface area contributed by atoms with Crippen LogP contribution in [0.2, 0.25) is 0 Å². The first-order chi connectivity index (χ1) is 14.7. The molecule has 0 unspecified atom stereocenters. The van der Waals surface area contributed by atoms with Crippen LogP contribution in [0.3, 0.4) is 0 Å². The smallest absolute Gasteiger partial charge is 0.550 e. The minimum absolute atomic E-state index is 0. The number of ketones is 3. The van der Waals surface area contributed by atoms with Crippen LogP contribution in [-0.4, -0.2) is 40.9 Å². The monoisotopic (exact) mass is 508 g/mol. The molecule has 0 N–H and O–H groups in total. The molecule has 188 valence electrons. The zero-order valence-electron chi connectivity index (χ0n) is 20.4. The summed E-state index contributed by atoms with van der Waals surface area (Å²) in [6.45, 7) is 10.8. The molecule has 0 aliphatic rings. The zero-order chi connectivity index (χ0) is 25.7. The van der Waals surface area contributed by atoms with Crippen LogP contribution in [0.1, 0.15) is 99.3 Å². The molecule has 0 saturated heterocycles. The zero-order valence-corrected chi connectivity index (χ0v) is 22.0. The number of Topliss-reactive ketones (excluding diaryl/α,β-unsaturated/α-hetero) is 3. The predicted octanol–water partition coefficient (Wildman–Crippen LogP) is 1.01. The van der Waals surface area contributed by atoms with Crippen molar-refractivity contribution in [2.45, 2.75) is 105 Å². The molecule has 0 amide bonds. The molecule has 0 aliphatic heterocycles. The second-order valence-corrected chi connectivity index (χ2v) is 7.79. The number of hydrogen-bond donors (Lipinski definition) is 0.